The molecular formula is C26H35N3O7S2. The first kappa shape index (κ1) is 28.5. The average Bonchev–Trinajstić information content (AvgIpc) is 3.48. The predicted octanol–water partition coefficient (Wildman–Crippen LogP) is 1.94. The van der Waals surface area contributed by atoms with Crippen molar-refractivity contribution in [3.05, 3.63) is 58.5 Å². The Morgan fingerprint density at radius 1 is 1.16 bits per heavy atom. The van der Waals surface area contributed by atoms with Crippen molar-refractivity contribution in [3.63, 3.8) is 0 Å². The quantitative estimate of drug-likeness (QED) is 0.441. The predicted molar refractivity (Wildman–Crippen MR) is 144 cm³/mol. The van der Waals surface area contributed by atoms with Gasteiger partial charge in [0, 0.05) is 51.6 Å². The molecule has 0 unspecified atom stereocenters. The number of rotatable bonds is 11. The number of hydrogen-bond acceptors (Lipinski definition) is 9. The number of ether oxygens (including phenoxy) is 3. The number of aliphatic hydroxyl groups excluding tert-OH is 1. The Kier molecular flexibility index (Phi) is 9.80. The van der Waals surface area contributed by atoms with Crippen LogP contribution in [0.25, 0.3) is 0 Å². The molecule has 10 nitrogen and oxygen atoms in total. The number of methoxy groups -OCH3 is 1. The molecule has 1 amide bonds. The van der Waals surface area contributed by atoms with Crippen LogP contribution in [0.15, 0.2) is 57.8 Å². The Morgan fingerprint density at radius 2 is 1.89 bits per heavy atom. The minimum Gasteiger partial charge on any atom is -0.497 e. The number of sulfonamides is 1. The van der Waals surface area contributed by atoms with Gasteiger partial charge in [-0.1, -0.05) is 0 Å². The van der Waals surface area contributed by atoms with Gasteiger partial charge in [-0.2, -0.15) is 15.6 Å². The van der Waals surface area contributed by atoms with Gasteiger partial charge in [-0.3, -0.25) is 4.79 Å². The molecule has 0 radical (unpaired) electrons. The first-order valence-electron chi connectivity index (χ1n) is 12.6. The maximum atomic E-state index is 13.3. The first-order valence-corrected chi connectivity index (χ1v) is 14.9. The van der Waals surface area contributed by atoms with E-state index in [0.717, 1.165) is 18.7 Å². The van der Waals surface area contributed by atoms with Crippen molar-refractivity contribution in [1.82, 2.24) is 14.1 Å². The molecule has 1 saturated heterocycles. The highest BCUT2D eigenvalue weighted by atomic mass is 32.2. The molecule has 0 spiro atoms. The third-order valence-electron chi connectivity index (χ3n) is 6.72. The summed E-state index contributed by atoms with van der Waals surface area (Å²) >= 11 is 1.59. The minimum absolute atomic E-state index is 0.0172. The summed E-state index contributed by atoms with van der Waals surface area (Å²) in [4.78, 5) is 17.3. The van der Waals surface area contributed by atoms with Gasteiger partial charge in [0.25, 0.3) is 5.91 Å². The van der Waals surface area contributed by atoms with E-state index in [1.807, 2.05) is 30.0 Å². The zero-order chi connectivity index (χ0) is 27.1. The van der Waals surface area contributed by atoms with Gasteiger partial charge in [0.2, 0.25) is 16.3 Å². The number of allylic oxidation sites excluding steroid dienone is 1. The SMILES string of the molecule is COc1ccc(S(=O)(=O)N(CCO)CCO[C@H]2C[C@@H](c3ccsc3)C=C(C(=O)N3CCN(C)CC3)O2)cc1. The number of carbonyl (C=O) groups excluding carboxylic acids is 1. The van der Waals surface area contributed by atoms with Gasteiger partial charge in [0.1, 0.15) is 5.75 Å². The summed E-state index contributed by atoms with van der Waals surface area (Å²) in [5.74, 6) is 0.601. The number of benzene rings is 1. The maximum Gasteiger partial charge on any atom is 0.288 e. The zero-order valence-corrected chi connectivity index (χ0v) is 23.3. The molecule has 1 aromatic heterocycles. The fourth-order valence-corrected chi connectivity index (χ4v) is 6.58. The van der Waals surface area contributed by atoms with E-state index in [2.05, 4.69) is 4.90 Å². The summed E-state index contributed by atoms with van der Waals surface area (Å²) < 4.78 is 44.6. The van der Waals surface area contributed by atoms with Gasteiger partial charge in [0.05, 0.1) is 25.2 Å². The van der Waals surface area contributed by atoms with Gasteiger partial charge in [-0.15, -0.1) is 0 Å². The average molecular weight is 566 g/mol. The van der Waals surface area contributed by atoms with Crippen LogP contribution in [-0.2, 0) is 24.3 Å². The second-order valence-electron chi connectivity index (χ2n) is 9.25. The Hall–Kier alpha value is -2.48. The molecule has 208 valence electrons. The number of thiophene rings is 1. The molecule has 2 aliphatic heterocycles. The van der Waals surface area contributed by atoms with Crippen molar-refractivity contribution in [2.24, 2.45) is 0 Å². The van der Waals surface area contributed by atoms with Crippen molar-refractivity contribution in [2.75, 3.05) is 66.6 Å². The molecule has 12 heteroatoms. The highest BCUT2D eigenvalue weighted by molar-refractivity contribution is 7.89. The summed E-state index contributed by atoms with van der Waals surface area (Å²) in [6, 6.07) is 8.11. The number of piperazine rings is 1. The van der Waals surface area contributed by atoms with Crippen molar-refractivity contribution in [2.45, 2.75) is 23.5 Å². The van der Waals surface area contributed by atoms with E-state index in [4.69, 9.17) is 14.2 Å². The lowest BCUT2D eigenvalue weighted by Gasteiger charge is -2.35. The highest BCUT2D eigenvalue weighted by Gasteiger charge is 2.32. The molecule has 2 atom stereocenters. The summed E-state index contributed by atoms with van der Waals surface area (Å²) in [6.07, 6.45) is 1.66. The first-order chi connectivity index (χ1) is 18.3. The standard InChI is InChI=1S/C26H35N3O7S2/c1-27-8-10-28(11-9-27)26(31)24-17-21(20-7-16-37-19-20)18-25(36-24)35-15-13-29(12-14-30)38(32,33)23-5-3-22(34-2)4-6-23/h3-7,16-17,19,21,25,30H,8-15,18H2,1-2H3/t21-,25+/m0/s1. The second kappa shape index (κ2) is 13.0. The van der Waals surface area contributed by atoms with Crippen LogP contribution in [0.5, 0.6) is 5.75 Å². The number of amides is 1. The molecule has 1 fully saturated rings. The van der Waals surface area contributed by atoms with E-state index in [-0.39, 0.29) is 48.8 Å². The van der Waals surface area contributed by atoms with Crippen molar-refractivity contribution in [3.8, 4) is 5.75 Å². The van der Waals surface area contributed by atoms with Crippen LogP contribution in [-0.4, -0.2) is 106 Å². The van der Waals surface area contributed by atoms with Gasteiger partial charge in [-0.25, -0.2) is 8.42 Å². The highest BCUT2D eigenvalue weighted by Crippen LogP contribution is 2.33. The van der Waals surface area contributed by atoms with Gasteiger partial charge in [0.15, 0.2) is 5.76 Å². The molecule has 2 aliphatic rings. The van der Waals surface area contributed by atoms with Crippen molar-refractivity contribution >= 4 is 27.3 Å². The number of likely N-dealkylation sites (N-methyl/N-ethyl adjacent to an activating group) is 1. The lowest BCUT2D eigenvalue weighted by Crippen LogP contribution is -2.48. The number of carbonyl (C=O) groups is 1. The molecule has 38 heavy (non-hydrogen) atoms. The van der Waals surface area contributed by atoms with E-state index < -0.39 is 16.3 Å². The fraction of sp³-hybridized carbons (Fsp3) is 0.500. The topological polar surface area (TPSA) is 109 Å². The monoisotopic (exact) mass is 565 g/mol. The van der Waals surface area contributed by atoms with Crippen LogP contribution in [0, 0.1) is 0 Å². The Bertz CT molecular complexity index is 1180. The van der Waals surface area contributed by atoms with Gasteiger partial charge in [-0.05, 0) is 59.8 Å². The molecule has 2 aromatic rings. The van der Waals surface area contributed by atoms with Crippen LogP contribution >= 0.6 is 11.3 Å². The summed E-state index contributed by atoms with van der Waals surface area (Å²) in [5.41, 5.74) is 1.08. The largest absolute Gasteiger partial charge is 0.497 e. The van der Waals surface area contributed by atoms with Crippen LogP contribution in [0.2, 0.25) is 0 Å². The second-order valence-corrected chi connectivity index (χ2v) is 12.0. The molecule has 0 bridgehead atoms. The lowest BCUT2D eigenvalue weighted by atomic mass is 9.95. The maximum absolute atomic E-state index is 13.3. The fourth-order valence-electron chi connectivity index (χ4n) is 4.44. The van der Waals surface area contributed by atoms with Gasteiger partial charge < -0.3 is 29.1 Å². The number of nitrogens with zero attached hydrogens (tertiary/aromatic N) is 3. The minimum atomic E-state index is -3.86. The van der Waals surface area contributed by atoms with Gasteiger partial charge >= 0.3 is 0 Å². The van der Waals surface area contributed by atoms with Crippen molar-refractivity contribution < 1.29 is 32.5 Å². The van der Waals surface area contributed by atoms with E-state index in [0.29, 0.717) is 25.3 Å². The normalized spacial score (nSPS) is 20.7. The summed E-state index contributed by atoms with van der Waals surface area (Å²) in [5, 5.41) is 13.6. The number of hydrogen-bond donors (Lipinski definition) is 1. The van der Waals surface area contributed by atoms with E-state index in [1.54, 1.807) is 28.4 Å². The third kappa shape index (κ3) is 6.93. The molecular weight excluding hydrogens is 530 g/mol. The molecule has 3 heterocycles. The van der Waals surface area contributed by atoms with E-state index in [1.165, 1.54) is 23.5 Å². The molecule has 0 aliphatic carbocycles. The van der Waals surface area contributed by atoms with E-state index in [9.17, 15) is 18.3 Å². The molecule has 1 aromatic carbocycles. The Morgan fingerprint density at radius 3 is 2.53 bits per heavy atom. The van der Waals surface area contributed by atoms with Crippen LogP contribution in [0.1, 0.15) is 17.9 Å². The Labute approximate surface area is 228 Å². The lowest BCUT2D eigenvalue weighted by molar-refractivity contribution is -0.153. The van der Waals surface area contributed by atoms with Crippen LogP contribution in [0.4, 0.5) is 0 Å². The van der Waals surface area contributed by atoms with Crippen LogP contribution in [0.3, 0.4) is 0 Å². The smallest absolute Gasteiger partial charge is 0.288 e. The Balaban J connectivity index is 1.42. The molecule has 4 rings (SSSR count). The molecule has 0 saturated carbocycles. The summed E-state index contributed by atoms with van der Waals surface area (Å²) in [6.45, 7) is 2.51. The zero-order valence-electron chi connectivity index (χ0n) is 21.7. The van der Waals surface area contributed by atoms with Crippen molar-refractivity contribution in [1.29, 1.82) is 0 Å². The van der Waals surface area contributed by atoms with Crippen LogP contribution < -0.4 is 4.74 Å². The summed E-state index contributed by atoms with van der Waals surface area (Å²) in [7, 11) is -0.319. The third-order valence-corrected chi connectivity index (χ3v) is 9.34. The van der Waals surface area contributed by atoms with E-state index >= 15 is 0 Å². The molecule has 1 N–H and O–H groups in total. The number of aliphatic hydroxyl groups is 1.